The van der Waals surface area contributed by atoms with Gasteiger partial charge in [0.2, 0.25) is 0 Å². The van der Waals surface area contributed by atoms with Gasteiger partial charge in [0.15, 0.2) is 5.76 Å². The number of thiophene rings is 1. The smallest absolute Gasteiger partial charge is 0.287 e. The number of hydrogen-bond donors (Lipinski definition) is 2. The summed E-state index contributed by atoms with van der Waals surface area (Å²) < 4.78 is 7.15. The maximum absolute atomic E-state index is 12.9. The number of furan rings is 1. The standard InChI is InChI=1S/C20H21NO3S2/c22-14-9-7-13(8-10-14)21-20(23)19-16(12-26-18-6-3-11-25-18)15-4-1-2-5-17(15)24-19/h1-6,11,13-14,22H,7-10,12H2,(H,21,23). The highest BCUT2D eigenvalue weighted by Crippen LogP contribution is 2.34. The van der Waals surface area contributed by atoms with Gasteiger partial charge < -0.3 is 14.8 Å². The minimum atomic E-state index is -0.230. The van der Waals surface area contributed by atoms with Crippen LogP contribution in [0.15, 0.2) is 50.4 Å². The first-order chi connectivity index (χ1) is 12.7. The van der Waals surface area contributed by atoms with Gasteiger partial charge in [-0.15, -0.1) is 23.1 Å². The quantitative estimate of drug-likeness (QED) is 0.616. The molecule has 0 radical (unpaired) electrons. The average molecular weight is 388 g/mol. The third-order valence-corrected chi connectivity index (χ3v) is 6.95. The van der Waals surface area contributed by atoms with Crippen LogP contribution in [0.2, 0.25) is 0 Å². The molecule has 0 aliphatic heterocycles. The molecule has 0 bridgehead atoms. The molecule has 3 aromatic rings. The number of aliphatic hydroxyl groups is 1. The number of fused-ring (bicyclic) bond motifs is 1. The van der Waals surface area contributed by atoms with Crippen molar-refractivity contribution in [1.29, 1.82) is 0 Å². The maximum Gasteiger partial charge on any atom is 0.287 e. The lowest BCUT2D eigenvalue weighted by molar-refractivity contribution is 0.0844. The van der Waals surface area contributed by atoms with E-state index in [1.807, 2.05) is 30.3 Å². The van der Waals surface area contributed by atoms with Crippen LogP contribution in [0.25, 0.3) is 11.0 Å². The average Bonchev–Trinajstić information content (AvgIpc) is 3.29. The molecule has 136 valence electrons. The SMILES string of the molecule is O=C(NC1CCC(O)CC1)c1oc2ccccc2c1CSc1cccs1. The summed E-state index contributed by atoms with van der Waals surface area (Å²) in [5.41, 5.74) is 1.70. The number of hydrogen-bond acceptors (Lipinski definition) is 5. The van der Waals surface area contributed by atoms with Crippen LogP contribution in [0.5, 0.6) is 0 Å². The van der Waals surface area contributed by atoms with Crippen LogP contribution in [0, 0.1) is 0 Å². The Morgan fingerprint density at radius 1 is 1.19 bits per heavy atom. The molecule has 1 amide bonds. The minimum absolute atomic E-state index is 0.108. The molecule has 0 unspecified atom stereocenters. The van der Waals surface area contributed by atoms with Gasteiger partial charge in [-0.3, -0.25) is 4.79 Å². The number of amides is 1. The fraction of sp³-hybridized carbons (Fsp3) is 0.350. The predicted octanol–water partition coefficient (Wildman–Crippen LogP) is 4.82. The van der Waals surface area contributed by atoms with E-state index in [0.717, 1.165) is 42.2 Å². The van der Waals surface area contributed by atoms with E-state index in [1.54, 1.807) is 23.1 Å². The van der Waals surface area contributed by atoms with Crippen molar-refractivity contribution in [1.82, 2.24) is 5.32 Å². The Kier molecular flexibility index (Phi) is 5.33. The number of thioether (sulfide) groups is 1. The fourth-order valence-corrected chi connectivity index (χ4v) is 5.20. The van der Waals surface area contributed by atoms with Crippen molar-refractivity contribution < 1.29 is 14.3 Å². The molecule has 4 rings (SSSR count). The van der Waals surface area contributed by atoms with Crippen molar-refractivity contribution >= 4 is 40.0 Å². The molecule has 1 aromatic carbocycles. The zero-order valence-corrected chi connectivity index (χ0v) is 15.9. The molecule has 1 fully saturated rings. The second-order valence-corrected chi connectivity index (χ2v) is 8.83. The number of nitrogens with one attached hydrogen (secondary N) is 1. The van der Waals surface area contributed by atoms with Gasteiger partial charge in [-0.05, 0) is 43.2 Å². The van der Waals surface area contributed by atoms with Crippen molar-refractivity contribution in [3.63, 3.8) is 0 Å². The molecular formula is C20H21NO3S2. The molecule has 2 N–H and O–H groups in total. The number of carbonyl (C=O) groups excluding carboxylic acids is 1. The highest BCUT2D eigenvalue weighted by atomic mass is 32.2. The Bertz CT molecular complexity index is 880. The van der Waals surface area contributed by atoms with Crippen LogP contribution < -0.4 is 5.32 Å². The van der Waals surface area contributed by atoms with E-state index in [2.05, 4.69) is 16.8 Å². The largest absolute Gasteiger partial charge is 0.451 e. The molecule has 4 nitrogen and oxygen atoms in total. The van der Waals surface area contributed by atoms with E-state index in [4.69, 9.17) is 4.42 Å². The molecule has 0 saturated heterocycles. The van der Waals surface area contributed by atoms with Gasteiger partial charge in [-0.25, -0.2) is 0 Å². The molecule has 26 heavy (non-hydrogen) atoms. The van der Waals surface area contributed by atoms with Crippen LogP contribution in [0.4, 0.5) is 0 Å². The maximum atomic E-state index is 12.9. The summed E-state index contributed by atoms with van der Waals surface area (Å²) in [5, 5.41) is 15.8. The highest BCUT2D eigenvalue weighted by Gasteiger charge is 2.25. The van der Waals surface area contributed by atoms with Gasteiger partial charge in [0.05, 0.1) is 10.3 Å². The van der Waals surface area contributed by atoms with E-state index >= 15 is 0 Å². The van der Waals surface area contributed by atoms with Crippen molar-refractivity contribution in [2.24, 2.45) is 0 Å². The summed E-state index contributed by atoms with van der Waals surface area (Å²) in [5.74, 6) is 0.967. The van der Waals surface area contributed by atoms with Gasteiger partial charge in [-0.1, -0.05) is 24.3 Å². The van der Waals surface area contributed by atoms with E-state index in [1.165, 1.54) is 4.21 Å². The lowest BCUT2D eigenvalue weighted by Gasteiger charge is -2.25. The van der Waals surface area contributed by atoms with Crippen molar-refractivity contribution in [2.45, 2.75) is 47.8 Å². The monoisotopic (exact) mass is 387 g/mol. The van der Waals surface area contributed by atoms with E-state index < -0.39 is 0 Å². The number of aliphatic hydroxyl groups excluding tert-OH is 1. The van der Waals surface area contributed by atoms with Crippen LogP contribution in [0.1, 0.15) is 41.8 Å². The zero-order chi connectivity index (χ0) is 17.9. The Morgan fingerprint density at radius 2 is 2.00 bits per heavy atom. The molecule has 2 aromatic heterocycles. The fourth-order valence-electron chi connectivity index (χ4n) is 3.39. The topological polar surface area (TPSA) is 62.5 Å². The summed E-state index contributed by atoms with van der Waals surface area (Å²) in [6.45, 7) is 0. The zero-order valence-electron chi connectivity index (χ0n) is 14.3. The summed E-state index contributed by atoms with van der Waals surface area (Å²) in [7, 11) is 0. The van der Waals surface area contributed by atoms with Crippen LogP contribution in [0.3, 0.4) is 0 Å². The Labute approximate surface area is 160 Å². The van der Waals surface area contributed by atoms with Crippen molar-refractivity contribution in [3.05, 3.63) is 53.1 Å². The molecule has 1 saturated carbocycles. The lowest BCUT2D eigenvalue weighted by Crippen LogP contribution is -2.38. The van der Waals surface area contributed by atoms with Gasteiger partial charge in [0, 0.05) is 22.7 Å². The predicted molar refractivity (Wildman–Crippen MR) is 106 cm³/mol. The number of para-hydroxylation sites is 1. The summed E-state index contributed by atoms with van der Waals surface area (Å²) in [6, 6.07) is 12.0. The first kappa shape index (κ1) is 17.6. The van der Waals surface area contributed by atoms with Gasteiger partial charge in [0.1, 0.15) is 5.58 Å². The number of carbonyl (C=O) groups is 1. The van der Waals surface area contributed by atoms with Gasteiger partial charge in [0.25, 0.3) is 5.91 Å². The van der Waals surface area contributed by atoms with Crippen molar-refractivity contribution in [2.75, 3.05) is 0 Å². The van der Waals surface area contributed by atoms with E-state index in [9.17, 15) is 9.90 Å². The van der Waals surface area contributed by atoms with E-state index in [0.29, 0.717) is 11.5 Å². The van der Waals surface area contributed by atoms with Gasteiger partial charge >= 0.3 is 0 Å². The Balaban J connectivity index is 1.56. The first-order valence-corrected chi connectivity index (χ1v) is 10.7. The normalized spacial score (nSPS) is 20.3. The highest BCUT2D eigenvalue weighted by molar-refractivity contribution is 8.00. The second-order valence-electron chi connectivity index (χ2n) is 6.61. The molecule has 1 aliphatic carbocycles. The lowest BCUT2D eigenvalue weighted by atomic mass is 9.93. The summed E-state index contributed by atoms with van der Waals surface area (Å²) in [6.07, 6.45) is 2.88. The van der Waals surface area contributed by atoms with Crippen LogP contribution in [-0.4, -0.2) is 23.2 Å². The molecule has 0 atom stereocenters. The number of rotatable bonds is 5. The van der Waals surface area contributed by atoms with Gasteiger partial charge in [-0.2, -0.15) is 0 Å². The summed E-state index contributed by atoms with van der Waals surface area (Å²) >= 11 is 3.42. The summed E-state index contributed by atoms with van der Waals surface area (Å²) in [4.78, 5) is 12.9. The second kappa shape index (κ2) is 7.86. The molecule has 6 heteroatoms. The third-order valence-electron chi connectivity index (χ3n) is 4.79. The molecule has 1 aliphatic rings. The Morgan fingerprint density at radius 3 is 2.77 bits per heavy atom. The van der Waals surface area contributed by atoms with E-state index in [-0.39, 0.29) is 18.1 Å². The molecular weight excluding hydrogens is 366 g/mol. The van der Waals surface area contributed by atoms with Crippen LogP contribution in [-0.2, 0) is 5.75 Å². The van der Waals surface area contributed by atoms with Crippen LogP contribution >= 0.6 is 23.1 Å². The molecule has 2 heterocycles. The Hall–Kier alpha value is -1.76. The van der Waals surface area contributed by atoms with Crippen molar-refractivity contribution in [3.8, 4) is 0 Å². The number of benzene rings is 1. The molecule has 0 spiro atoms. The third kappa shape index (κ3) is 3.82. The minimum Gasteiger partial charge on any atom is -0.451 e. The first-order valence-electron chi connectivity index (χ1n) is 8.86.